The predicted octanol–water partition coefficient (Wildman–Crippen LogP) is 1.28. The molecule has 0 radical (unpaired) electrons. The smallest absolute Gasteiger partial charge is 0.278 e. The molecular formula is C14H18N4O2S. The number of aryl methyl sites for hydroxylation is 1. The lowest BCUT2D eigenvalue weighted by Crippen LogP contribution is -2.29. The van der Waals surface area contributed by atoms with E-state index in [2.05, 4.69) is 9.97 Å². The molecule has 0 bridgehead atoms. The normalized spacial score (nSPS) is 15.0. The molecule has 6 nitrogen and oxygen atoms in total. The van der Waals surface area contributed by atoms with Gasteiger partial charge in [-0.2, -0.15) is 0 Å². The van der Waals surface area contributed by atoms with E-state index in [1.165, 1.54) is 16.3 Å². The van der Waals surface area contributed by atoms with Crippen LogP contribution in [0.1, 0.15) is 18.5 Å². The van der Waals surface area contributed by atoms with E-state index in [1.54, 1.807) is 7.05 Å². The fourth-order valence-electron chi connectivity index (χ4n) is 2.57. The summed E-state index contributed by atoms with van der Waals surface area (Å²) in [6.07, 6.45) is 2.17. The number of hydrogen-bond acceptors (Lipinski definition) is 4. The molecular weight excluding hydrogens is 288 g/mol. The van der Waals surface area contributed by atoms with E-state index in [4.69, 9.17) is 0 Å². The second kappa shape index (κ2) is 5.55. The van der Waals surface area contributed by atoms with Crippen molar-refractivity contribution in [2.75, 3.05) is 18.8 Å². The molecule has 1 fully saturated rings. The molecule has 2 aromatic heterocycles. The average Bonchev–Trinajstić information content (AvgIpc) is 3.10. The zero-order valence-corrected chi connectivity index (χ0v) is 13.0. The molecule has 0 atom stereocenters. The van der Waals surface area contributed by atoms with Gasteiger partial charge in [0.15, 0.2) is 5.16 Å². The Morgan fingerprint density at radius 2 is 2.14 bits per heavy atom. The number of likely N-dealkylation sites (tertiary alicyclic amines) is 1. The van der Waals surface area contributed by atoms with Gasteiger partial charge in [-0.25, -0.2) is 4.98 Å². The quantitative estimate of drug-likeness (QED) is 0.685. The van der Waals surface area contributed by atoms with Crippen LogP contribution in [0.2, 0.25) is 0 Å². The van der Waals surface area contributed by atoms with Crippen molar-refractivity contribution in [2.24, 2.45) is 7.05 Å². The number of fused-ring (bicyclic) bond motifs is 1. The monoisotopic (exact) mass is 306 g/mol. The molecule has 0 unspecified atom stereocenters. The number of carbonyl (C=O) groups excluding carboxylic acids is 1. The Morgan fingerprint density at radius 3 is 2.86 bits per heavy atom. The second-order valence-electron chi connectivity index (χ2n) is 5.35. The molecule has 0 aliphatic carbocycles. The first kappa shape index (κ1) is 14.2. The van der Waals surface area contributed by atoms with Crippen molar-refractivity contribution in [2.45, 2.75) is 24.9 Å². The average molecular weight is 306 g/mol. The van der Waals surface area contributed by atoms with E-state index in [-0.39, 0.29) is 11.5 Å². The third-order valence-corrected chi connectivity index (χ3v) is 4.75. The fraction of sp³-hybridized carbons (Fsp3) is 0.500. The van der Waals surface area contributed by atoms with Gasteiger partial charge in [-0.3, -0.25) is 14.2 Å². The Balaban J connectivity index is 1.81. The van der Waals surface area contributed by atoms with Gasteiger partial charge in [0, 0.05) is 25.8 Å². The van der Waals surface area contributed by atoms with Crippen LogP contribution in [0.15, 0.2) is 16.0 Å². The van der Waals surface area contributed by atoms with Crippen LogP contribution in [-0.4, -0.2) is 44.2 Å². The number of thioether (sulfide) groups is 1. The molecule has 1 aliphatic rings. The number of carbonyl (C=O) groups is 1. The lowest BCUT2D eigenvalue weighted by molar-refractivity contribution is -0.127. The molecule has 3 heterocycles. The number of amides is 1. The highest BCUT2D eigenvalue weighted by atomic mass is 32.2. The summed E-state index contributed by atoms with van der Waals surface area (Å²) in [6, 6.07) is 1.85. The number of rotatable bonds is 3. The molecule has 21 heavy (non-hydrogen) atoms. The second-order valence-corrected chi connectivity index (χ2v) is 6.29. The summed E-state index contributed by atoms with van der Waals surface area (Å²) in [4.78, 5) is 33.7. The summed E-state index contributed by atoms with van der Waals surface area (Å²) in [7, 11) is 1.69. The predicted molar refractivity (Wildman–Crippen MR) is 82.6 cm³/mol. The van der Waals surface area contributed by atoms with Crippen molar-refractivity contribution < 1.29 is 4.79 Å². The lowest BCUT2D eigenvalue weighted by atomic mass is 10.4. The topological polar surface area (TPSA) is 71.0 Å². The number of nitrogens with one attached hydrogen (secondary N) is 1. The van der Waals surface area contributed by atoms with Crippen LogP contribution in [0.25, 0.3) is 11.0 Å². The molecule has 1 N–H and O–H groups in total. The van der Waals surface area contributed by atoms with E-state index in [0.717, 1.165) is 31.6 Å². The number of aromatic amines is 1. The summed E-state index contributed by atoms with van der Waals surface area (Å²) < 4.78 is 1.50. The summed E-state index contributed by atoms with van der Waals surface area (Å²) in [6.45, 7) is 3.59. The SMILES string of the molecule is Cc1cc2nc(SCC(=O)N3CCCC3)n(C)c(=O)c2[nH]1. The van der Waals surface area contributed by atoms with Crippen molar-refractivity contribution in [3.05, 3.63) is 22.1 Å². The number of nitrogens with zero attached hydrogens (tertiary/aromatic N) is 3. The number of aromatic nitrogens is 3. The minimum absolute atomic E-state index is 0.107. The molecule has 7 heteroatoms. The van der Waals surface area contributed by atoms with E-state index >= 15 is 0 Å². The molecule has 1 saturated heterocycles. The van der Waals surface area contributed by atoms with Gasteiger partial charge < -0.3 is 9.88 Å². The van der Waals surface area contributed by atoms with Gasteiger partial charge >= 0.3 is 0 Å². The van der Waals surface area contributed by atoms with E-state index < -0.39 is 0 Å². The van der Waals surface area contributed by atoms with Crippen molar-refractivity contribution in [1.82, 2.24) is 19.4 Å². The minimum Gasteiger partial charge on any atom is -0.353 e. The van der Waals surface area contributed by atoms with Crippen LogP contribution in [0.3, 0.4) is 0 Å². The van der Waals surface area contributed by atoms with E-state index in [9.17, 15) is 9.59 Å². The first-order chi connectivity index (χ1) is 10.1. The van der Waals surface area contributed by atoms with Crippen LogP contribution in [-0.2, 0) is 11.8 Å². The Bertz CT molecular complexity index is 743. The Labute approximate surface area is 126 Å². The van der Waals surface area contributed by atoms with Crippen molar-refractivity contribution in [1.29, 1.82) is 0 Å². The molecule has 112 valence electrons. The molecule has 0 saturated carbocycles. The van der Waals surface area contributed by atoms with Crippen LogP contribution in [0.4, 0.5) is 0 Å². The maximum Gasteiger partial charge on any atom is 0.278 e. The Kier molecular flexibility index (Phi) is 3.75. The summed E-state index contributed by atoms with van der Waals surface area (Å²) >= 11 is 1.33. The van der Waals surface area contributed by atoms with Gasteiger partial charge in [0.2, 0.25) is 5.91 Å². The summed E-state index contributed by atoms with van der Waals surface area (Å²) in [5.41, 5.74) is 1.98. The molecule has 1 aliphatic heterocycles. The third-order valence-electron chi connectivity index (χ3n) is 3.74. The first-order valence-electron chi connectivity index (χ1n) is 7.03. The maximum atomic E-state index is 12.2. The zero-order chi connectivity index (χ0) is 15.0. The summed E-state index contributed by atoms with van der Waals surface area (Å²) in [5.74, 6) is 0.451. The Hall–Kier alpha value is -1.76. The third kappa shape index (κ3) is 2.70. The van der Waals surface area contributed by atoms with Crippen LogP contribution in [0.5, 0.6) is 0 Å². The Morgan fingerprint density at radius 1 is 1.43 bits per heavy atom. The minimum atomic E-state index is -0.107. The summed E-state index contributed by atoms with van der Waals surface area (Å²) in [5, 5.41) is 0.582. The van der Waals surface area contributed by atoms with Crippen LogP contribution < -0.4 is 5.56 Å². The van der Waals surface area contributed by atoms with Crippen molar-refractivity contribution in [3.63, 3.8) is 0 Å². The van der Waals surface area contributed by atoms with Gasteiger partial charge in [-0.15, -0.1) is 0 Å². The highest BCUT2D eigenvalue weighted by Crippen LogP contribution is 2.19. The fourth-order valence-corrected chi connectivity index (χ4v) is 3.45. The molecule has 2 aromatic rings. The van der Waals surface area contributed by atoms with Crippen molar-refractivity contribution >= 4 is 28.7 Å². The van der Waals surface area contributed by atoms with Gasteiger partial charge in [0.1, 0.15) is 5.52 Å². The van der Waals surface area contributed by atoms with Crippen LogP contribution in [0, 0.1) is 6.92 Å². The molecule has 1 amide bonds. The highest BCUT2D eigenvalue weighted by molar-refractivity contribution is 7.99. The first-order valence-corrected chi connectivity index (χ1v) is 8.02. The number of H-pyrrole nitrogens is 1. The standard InChI is InChI=1S/C14H18N4O2S/c1-9-7-10-12(15-9)13(20)17(2)14(16-10)21-8-11(19)18-5-3-4-6-18/h7,15H,3-6,8H2,1-2H3. The molecule has 0 spiro atoms. The molecule has 3 rings (SSSR count). The van der Waals surface area contributed by atoms with E-state index in [1.807, 2.05) is 17.9 Å². The maximum absolute atomic E-state index is 12.2. The van der Waals surface area contributed by atoms with Gasteiger partial charge in [0.05, 0.1) is 11.3 Å². The van der Waals surface area contributed by atoms with Gasteiger partial charge in [-0.05, 0) is 25.8 Å². The van der Waals surface area contributed by atoms with Crippen molar-refractivity contribution in [3.8, 4) is 0 Å². The number of hydrogen-bond donors (Lipinski definition) is 1. The largest absolute Gasteiger partial charge is 0.353 e. The lowest BCUT2D eigenvalue weighted by Gasteiger charge is -2.15. The van der Waals surface area contributed by atoms with Gasteiger partial charge in [0.25, 0.3) is 5.56 Å². The molecule has 0 aromatic carbocycles. The van der Waals surface area contributed by atoms with Crippen LogP contribution >= 0.6 is 11.8 Å². The van der Waals surface area contributed by atoms with Gasteiger partial charge in [-0.1, -0.05) is 11.8 Å². The zero-order valence-electron chi connectivity index (χ0n) is 12.2. The van der Waals surface area contributed by atoms with E-state index in [0.29, 0.717) is 21.9 Å². The highest BCUT2D eigenvalue weighted by Gasteiger charge is 2.19.